The van der Waals surface area contributed by atoms with Crippen LogP contribution in [-0.4, -0.2) is 25.9 Å². The van der Waals surface area contributed by atoms with Crippen LogP contribution in [0, 0.1) is 0 Å². The van der Waals surface area contributed by atoms with E-state index in [1.54, 1.807) is 43.4 Å². The number of allylic oxidation sites excluding steroid dienone is 1. The molecule has 4 aromatic carbocycles. The fourth-order valence-corrected chi connectivity index (χ4v) is 5.96. The molecule has 0 bridgehead atoms. The summed E-state index contributed by atoms with van der Waals surface area (Å²) < 4.78 is 11.0. The Morgan fingerprint density at radius 1 is 0.829 bits per heavy atom. The van der Waals surface area contributed by atoms with Gasteiger partial charge in [0, 0.05) is 28.3 Å². The van der Waals surface area contributed by atoms with E-state index >= 15 is 0 Å². The van der Waals surface area contributed by atoms with Crippen LogP contribution in [0.4, 0.5) is 11.4 Å². The van der Waals surface area contributed by atoms with E-state index < -0.39 is 6.04 Å². The highest BCUT2D eigenvalue weighted by Crippen LogP contribution is 2.48. The fourth-order valence-electron chi connectivity index (χ4n) is 5.84. The number of hydrogen-bond donors (Lipinski definition) is 1. The maximum absolute atomic E-state index is 14.3. The summed E-state index contributed by atoms with van der Waals surface area (Å²) in [6.07, 6.45) is 0.881. The Morgan fingerprint density at radius 2 is 1.51 bits per heavy atom. The molecular weight excluding hydrogens is 536 g/mol. The van der Waals surface area contributed by atoms with Gasteiger partial charge in [0.05, 0.1) is 31.6 Å². The number of hydrogen-bond acceptors (Lipinski definition) is 5. The Balaban J connectivity index is 1.53. The number of ether oxygens (including phenoxy) is 2. The number of methoxy groups -OCH3 is 2. The van der Waals surface area contributed by atoms with E-state index in [-0.39, 0.29) is 17.6 Å². The van der Waals surface area contributed by atoms with E-state index in [0.717, 1.165) is 22.5 Å². The van der Waals surface area contributed by atoms with Gasteiger partial charge in [0.15, 0.2) is 17.3 Å². The van der Waals surface area contributed by atoms with Crippen molar-refractivity contribution < 1.29 is 19.1 Å². The van der Waals surface area contributed by atoms with Crippen LogP contribution in [0.25, 0.3) is 0 Å². The van der Waals surface area contributed by atoms with Crippen LogP contribution < -0.4 is 19.7 Å². The molecule has 2 atom stereocenters. The first-order valence-corrected chi connectivity index (χ1v) is 13.8. The summed E-state index contributed by atoms with van der Waals surface area (Å²) in [4.78, 5) is 30.3. The molecule has 0 saturated heterocycles. The summed E-state index contributed by atoms with van der Waals surface area (Å²) >= 11 is 6.27. The molecule has 7 heteroatoms. The van der Waals surface area contributed by atoms with Gasteiger partial charge in [-0.3, -0.25) is 14.5 Å². The average Bonchev–Trinajstić information content (AvgIpc) is 3.16. The molecule has 6 rings (SSSR count). The second-order valence-electron chi connectivity index (χ2n) is 10.2. The van der Waals surface area contributed by atoms with Crippen molar-refractivity contribution in [1.82, 2.24) is 0 Å². The summed E-state index contributed by atoms with van der Waals surface area (Å²) in [5, 5.41) is 4.16. The largest absolute Gasteiger partial charge is 0.493 e. The van der Waals surface area contributed by atoms with Crippen LogP contribution in [0.15, 0.2) is 108 Å². The Kier molecular flexibility index (Phi) is 7.25. The van der Waals surface area contributed by atoms with Crippen molar-refractivity contribution in [2.24, 2.45) is 0 Å². The lowest BCUT2D eigenvalue weighted by atomic mass is 9.78. The van der Waals surface area contributed by atoms with Crippen molar-refractivity contribution in [3.05, 3.63) is 130 Å². The Hall–Kier alpha value is -4.55. The number of amides is 1. The minimum Gasteiger partial charge on any atom is -0.493 e. The molecule has 1 aliphatic carbocycles. The molecule has 206 valence electrons. The number of fused-ring (bicyclic) bond motifs is 1. The zero-order valence-corrected chi connectivity index (χ0v) is 23.5. The second-order valence-corrected chi connectivity index (χ2v) is 10.6. The first-order valence-electron chi connectivity index (χ1n) is 13.5. The number of ketones is 1. The number of nitrogens with one attached hydrogen (secondary N) is 1. The Morgan fingerprint density at radius 3 is 2.24 bits per heavy atom. The third-order valence-electron chi connectivity index (χ3n) is 7.79. The Bertz CT molecular complexity index is 1650. The first kappa shape index (κ1) is 26.7. The summed E-state index contributed by atoms with van der Waals surface area (Å²) in [5.74, 6) is 0.969. The molecule has 1 amide bonds. The minimum atomic E-state index is -0.648. The molecule has 41 heavy (non-hydrogen) atoms. The molecule has 2 aliphatic rings. The fraction of sp³-hybridized carbons (Fsp3) is 0.176. The molecule has 4 aromatic rings. The highest BCUT2D eigenvalue weighted by molar-refractivity contribution is 6.30. The number of halogens is 1. The number of anilines is 2. The quantitative estimate of drug-likeness (QED) is 0.271. The van der Waals surface area contributed by atoms with Crippen molar-refractivity contribution in [2.75, 3.05) is 24.4 Å². The van der Waals surface area contributed by atoms with Crippen molar-refractivity contribution in [1.29, 1.82) is 0 Å². The standard InChI is InChI=1S/C34H29ClN2O4/c1-40-30-17-14-23(20-31(30)41-2)24-18-27-32(29(38)19-24)33(21-12-15-25(35)16-13-21)37(28-11-7-6-10-26(28)36-27)34(39)22-8-4-3-5-9-22/h3-17,20,24,33,36H,18-19H2,1-2H3/t24-,33+/m1/s1. The number of para-hydroxylation sites is 2. The molecule has 0 spiro atoms. The zero-order valence-electron chi connectivity index (χ0n) is 22.8. The van der Waals surface area contributed by atoms with Gasteiger partial charge >= 0.3 is 0 Å². The maximum Gasteiger partial charge on any atom is 0.259 e. The molecule has 6 nitrogen and oxygen atoms in total. The molecule has 0 aromatic heterocycles. The van der Waals surface area contributed by atoms with E-state index in [1.807, 2.05) is 72.8 Å². The van der Waals surface area contributed by atoms with Gasteiger partial charge in [-0.1, -0.05) is 60.1 Å². The van der Waals surface area contributed by atoms with Crippen molar-refractivity contribution in [3.8, 4) is 11.5 Å². The van der Waals surface area contributed by atoms with Crippen LogP contribution in [-0.2, 0) is 4.79 Å². The summed E-state index contributed by atoms with van der Waals surface area (Å²) in [5.41, 5.74) is 5.19. The first-order chi connectivity index (χ1) is 20.0. The molecule has 1 N–H and O–H groups in total. The van der Waals surface area contributed by atoms with Crippen molar-refractivity contribution >= 4 is 34.7 Å². The Labute approximate surface area is 244 Å². The number of rotatable bonds is 5. The second kappa shape index (κ2) is 11.1. The van der Waals surface area contributed by atoms with Crippen LogP contribution >= 0.6 is 11.6 Å². The van der Waals surface area contributed by atoms with Gasteiger partial charge in [0.2, 0.25) is 0 Å². The van der Waals surface area contributed by atoms with Crippen molar-refractivity contribution in [3.63, 3.8) is 0 Å². The lowest BCUT2D eigenvalue weighted by Gasteiger charge is -2.35. The van der Waals surface area contributed by atoms with Crippen LogP contribution in [0.3, 0.4) is 0 Å². The third kappa shape index (κ3) is 4.96. The predicted molar refractivity (Wildman–Crippen MR) is 161 cm³/mol. The van der Waals surface area contributed by atoms with Crippen molar-refractivity contribution in [2.45, 2.75) is 24.8 Å². The summed E-state index contributed by atoms with van der Waals surface area (Å²) in [6, 6.07) is 29.4. The van der Waals surface area contributed by atoms with Gasteiger partial charge in [-0.05, 0) is 72.0 Å². The molecule has 1 aliphatic heterocycles. The normalized spacial score (nSPS) is 18.1. The van der Waals surface area contributed by atoms with Gasteiger partial charge in [-0.25, -0.2) is 0 Å². The maximum atomic E-state index is 14.3. The highest BCUT2D eigenvalue weighted by atomic mass is 35.5. The average molecular weight is 565 g/mol. The topological polar surface area (TPSA) is 67.9 Å². The van der Waals surface area contributed by atoms with E-state index in [9.17, 15) is 9.59 Å². The number of carbonyl (C=O) groups excluding carboxylic acids is 2. The molecule has 0 saturated carbocycles. The SMILES string of the molecule is COc1ccc([C@H]2CC(=O)C3=C(C2)Nc2ccccc2N(C(=O)c2ccccc2)[C@H]3c2ccc(Cl)cc2)cc1OC. The molecular formula is C34H29ClN2O4. The number of Topliss-reactive ketones (excluding diaryl/α,β-unsaturated/α-hetero) is 1. The summed E-state index contributed by atoms with van der Waals surface area (Å²) in [6.45, 7) is 0. The van der Waals surface area contributed by atoms with Gasteiger partial charge in [0.1, 0.15) is 0 Å². The van der Waals surface area contributed by atoms with Gasteiger partial charge in [-0.2, -0.15) is 0 Å². The van der Waals surface area contributed by atoms with Crippen LogP contribution in [0.5, 0.6) is 11.5 Å². The minimum absolute atomic E-state index is 0.0165. The molecule has 0 fully saturated rings. The molecule has 1 heterocycles. The predicted octanol–water partition coefficient (Wildman–Crippen LogP) is 7.57. The van der Waals surface area contributed by atoms with E-state index in [1.165, 1.54) is 0 Å². The van der Waals surface area contributed by atoms with E-state index in [2.05, 4.69) is 5.32 Å². The highest BCUT2D eigenvalue weighted by Gasteiger charge is 2.42. The van der Waals surface area contributed by atoms with E-state index in [0.29, 0.717) is 46.2 Å². The lowest BCUT2D eigenvalue weighted by molar-refractivity contribution is -0.116. The molecule has 0 unspecified atom stereocenters. The van der Waals surface area contributed by atoms with Gasteiger partial charge in [0.25, 0.3) is 5.91 Å². The van der Waals surface area contributed by atoms with Gasteiger partial charge in [-0.15, -0.1) is 0 Å². The van der Waals surface area contributed by atoms with Crippen LogP contribution in [0.2, 0.25) is 5.02 Å². The number of carbonyl (C=O) groups is 2. The summed E-state index contributed by atoms with van der Waals surface area (Å²) in [7, 11) is 3.21. The zero-order chi connectivity index (χ0) is 28.5. The number of benzene rings is 4. The van der Waals surface area contributed by atoms with Gasteiger partial charge < -0.3 is 14.8 Å². The van der Waals surface area contributed by atoms with E-state index in [4.69, 9.17) is 21.1 Å². The number of nitrogens with zero attached hydrogens (tertiary/aromatic N) is 1. The third-order valence-corrected chi connectivity index (χ3v) is 8.04. The lowest BCUT2D eigenvalue weighted by Crippen LogP contribution is -2.38. The monoisotopic (exact) mass is 564 g/mol. The van der Waals surface area contributed by atoms with Crippen LogP contribution in [0.1, 0.15) is 46.3 Å². The molecule has 0 radical (unpaired) electrons. The smallest absolute Gasteiger partial charge is 0.259 e.